The molecule has 0 atom stereocenters. The molecule has 0 amide bonds. The largest absolute Gasteiger partial charge is 0.242 e. The summed E-state index contributed by atoms with van der Waals surface area (Å²) in [5.41, 5.74) is 0.279. The topological polar surface area (TPSA) is 37.4 Å². The van der Waals surface area contributed by atoms with Gasteiger partial charge in [-0.05, 0) is 36.5 Å². The van der Waals surface area contributed by atoms with Crippen LogP contribution in [0.3, 0.4) is 0 Å². The van der Waals surface area contributed by atoms with Gasteiger partial charge in [-0.15, -0.1) is 11.6 Å². The van der Waals surface area contributed by atoms with Crippen molar-refractivity contribution in [1.82, 2.24) is 4.31 Å². The zero-order valence-electron chi connectivity index (χ0n) is 10.4. The van der Waals surface area contributed by atoms with Gasteiger partial charge in [0.15, 0.2) is 0 Å². The van der Waals surface area contributed by atoms with Crippen molar-refractivity contribution in [2.24, 2.45) is 5.92 Å². The third-order valence-electron chi connectivity index (χ3n) is 3.14. The molecule has 3 nitrogen and oxygen atoms in total. The van der Waals surface area contributed by atoms with Crippen molar-refractivity contribution in [2.75, 3.05) is 13.6 Å². The molecule has 0 bridgehead atoms. The van der Waals surface area contributed by atoms with E-state index in [-0.39, 0.29) is 21.4 Å². The van der Waals surface area contributed by atoms with Crippen LogP contribution in [0, 0.1) is 11.7 Å². The van der Waals surface area contributed by atoms with Crippen LogP contribution in [0.5, 0.6) is 0 Å². The number of halogens is 3. The van der Waals surface area contributed by atoms with Crippen molar-refractivity contribution in [1.29, 1.82) is 0 Å². The average Bonchev–Trinajstić information content (AvgIpc) is 3.16. The Hall–Kier alpha value is -0.360. The second kappa shape index (κ2) is 5.56. The molecule has 1 fully saturated rings. The minimum absolute atomic E-state index is 0.0363. The minimum atomic E-state index is -3.69. The van der Waals surface area contributed by atoms with E-state index in [1.165, 1.54) is 17.4 Å². The summed E-state index contributed by atoms with van der Waals surface area (Å²) >= 11 is 11.4. The Kier molecular flexibility index (Phi) is 4.40. The van der Waals surface area contributed by atoms with Gasteiger partial charge in [0, 0.05) is 19.5 Å². The van der Waals surface area contributed by atoms with E-state index in [1.807, 2.05) is 0 Å². The molecule has 0 spiro atoms. The van der Waals surface area contributed by atoms with Crippen molar-refractivity contribution < 1.29 is 12.8 Å². The molecule has 1 aliphatic carbocycles. The van der Waals surface area contributed by atoms with Crippen molar-refractivity contribution in [3.63, 3.8) is 0 Å². The molecule has 0 saturated heterocycles. The number of hydrogen-bond acceptors (Lipinski definition) is 2. The van der Waals surface area contributed by atoms with Crippen LogP contribution < -0.4 is 0 Å². The number of alkyl halides is 1. The lowest BCUT2D eigenvalue weighted by Gasteiger charge is -2.17. The van der Waals surface area contributed by atoms with Crippen molar-refractivity contribution in [3.8, 4) is 0 Å². The smallest absolute Gasteiger partial charge is 0.207 e. The zero-order chi connectivity index (χ0) is 14.2. The standard InChI is InChI=1S/C12H14Cl2FNO2S/c1-16(7-8-2-3-8)19(17,18)10-4-9(6-13)12(14)11(15)5-10/h4-5,8H,2-3,6-7H2,1H3. The molecule has 1 aromatic rings. The van der Waals surface area contributed by atoms with Crippen molar-refractivity contribution in [3.05, 3.63) is 28.5 Å². The van der Waals surface area contributed by atoms with Crippen LogP contribution in [0.4, 0.5) is 4.39 Å². The molecule has 0 radical (unpaired) electrons. The first-order valence-corrected chi connectivity index (χ1v) is 8.21. The van der Waals surface area contributed by atoms with Gasteiger partial charge >= 0.3 is 0 Å². The van der Waals surface area contributed by atoms with Crippen LogP contribution in [0.2, 0.25) is 5.02 Å². The van der Waals surface area contributed by atoms with Gasteiger partial charge in [-0.2, -0.15) is 0 Å². The molecule has 0 N–H and O–H groups in total. The molecule has 19 heavy (non-hydrogen) atoms. The Balaban J connectivity index is 2.36. The highest BCUT2D eigenvalue weighted by atomic mass is 35.5. The lowest BCUT2D eigenvalue weighted by Crippen LogP contribution is -2.29. The van der Waals surface area contributed by atoms with E-state index in [1.54, 1.807) is 0 Å². The van der Waals surface area contributed by atoms with E-state index in [0.29, 0.717) is 12.5 Å². The van der Waals surface area contributed by atoms with Crippen molar-refractivity contribution in [2.45, 2.75) is 23.6 Å². The van der Waals surface area contributed by atoms with E-state index in [0.717, 1.165) is 18.9 Å². The molecular weight excluding hydrogens is 312 g/mol. The van der Waals surface area contributed by atoms with Gasteiger partial charge in [0.05, 0.1) is 9.92 Å². The van der Waals surface area contributed by atoms with E-state index in [9.17, 15) is 12.8 Å². The number of hydrogen-bond donors (Lipinski definition) is 0. The lowest BCUT2D eigenvalue weighted by molar-refractivity contribution is 0.452. The van der Waals surface area contributed by atoms with Gasteiger partial charge in [0.1, 0.15) is 5.82 Å². The van der Waals surface area contributed by atoms with Gasteiger partial charge in [-0.3, -0.25) is 0 Å². The minimum Gasteiger partial charge on any atom is -0.207 e. The molecule has 0 aromatic heterocycles. The molecular formula is C12H14Cl2FNO2S. The normalized spacial score (nSPS) is 16.1. The first-order valence-electron chi connectivity index (χ1n) is 5.86. The van der Waals surface area contributed by atoms with Gasteiger partial charge < -0.3 is 0 Å². The van der Waals surface area contributed by atoms with Gasteiger partial charge in [0.2, 0.25) is 10.0 Å². The SMILES string of the molecule is CN(CC1CC1)S(=O)(=O)c1cc(F)c(Cl)c(CCl)c1. The predicted octanol–water partition coefficient (Wildman–Crippen LogP) is 3.25. The fourth-order valence-corrected chi connectivity index (χ4v) is 3.57. The van der Waals surface area contributed by atoms with E-state index >= 15 is 0 Å². The summed E-state index contributed by atoms with van der Waals surface area (Å²) in [6, 6.07) is 2.27. The number of benzene rings is 1. The molecule has 1 aromatic carbocycles. The maximum Gasteiger partial charge on any atom is 0.242 e. The van der Waals surface area contributed by atoms with Gasteiger partial charge in [-0.25, -0.2) is 17.1 Å². The average molecular weight is 326 g/mol. The van der Waals surface area contributed by atoms with Gasteiger partial charge in [0.25, 0.3) is 0 Å². The Morgan fingerprint density at radius 2 is 2.05 bits per heavy atom. The highest BCUT2D eigenvalue weighted by molar-refractivity contribution is 7.89. The molecule has 0 heterocycles. The Bertz CT molecular complexity index is 588. The first-order chi connectivity index (χ1) is 8.86. The first kappa shape index (κ1) is 15.0. The maximum atomic E-state index is 13.6. The van der Waals surface area contributed by atoms with Crippen LogP contribution in [-0.2, 0) is 15.9 Å². The molecule has 7 heteroatoms. The summed E-state index contributed by atoms with van der Waals surface area (Å²) in [5.74, 6) is -0.381. The zero-order valence-corrected chi connectivity index (χ0v) is 12.7. The Morgan fingerprint density at radius 1 is 1.42 bits per heavy atom. The maximum absolute atomic E-state index is 13.6. The second-order valence-corrected chi connectivity index (χ2v) is 7.43. The Labute approximate surface area is 122 Å². The molecule has 0 aliphatic heterocycles. The fraction of sp³-hybridized carbons (Fsp3) is 0.500. The van der Waals surface area contributed by atoms with Crippen LogP contribution in [0.15, 0.2) is 17.0 Å². The fourth-order valence-electron chi connectivity index (χ4n) is 1.81. The third kappa shape index (κ3) is 3.21. The molecule has 1 aliphatic rings. The van der Waals surface area contributed by atoms with Crippen LogP contribution in [0.1, 0.15) is 18.4 Å². The molecule has 106 valence electrons. The summed E-state index contributed by atoms with van der Waals surface area (Å²) in [5, 5.41) is -0.126. The highest BCUT2D eigenvalue weighted by Gasteiger charge is 2.30. The van der Waals surface area contributed by atoms with E-state index in [2.05, 4.69) is 0 Å². The monoisotopic (exact) mass is 325 g/mol. The highest BCUT2D eigenvalue weighted by Crippen LogP contribution is 2.32. The number of sulfonamides is 1. The van der Waals surface area contributed by atoms with Crippen LogP contribution in [-0.4, -0.2) is 26.3 Å². The molecule has 1 saturated carbocycles. The summed E-state index contributed by atoms with van der Waals surface area (Å²) in [6.45, 7) is 0.461. The third-order valence-corrected chi connectivity index (χ3v) is 5.65. The Morgan fingerprint density at radius 3 is 2.58 bits per heavy atom. The number of nitrogens with zero attached hydrogens (tertiary/aromatic N) is 1. The van der Waals surface area contributed by atoms with E-state index < -0.39 is 15.8 Å². The van der Waals surface area contributed by atoms with Crippen molar-refractivity contribution >= 4 is 33.2 Å². The predicted molar refractivity (Wildman–Crippen MR) is 73.5 cm³/mol. The van der Waals surface area contributed by atoms with Crippen LogP contribution >= 0.6 is 23.2 Å². The van der Waals surface area contributed by atoms with Gasteiger partial charge in [-0.1, -0.05) is 11.6 Å². The molecule has 0 unspecified atom stereocenters. The summed E-state index contributed by atoms with van der Waals surface area (Å²) < 4.78 is 39.5. The summed E-state index contributed by atoms with van der Waals surface area (Å²) in [7, 11) is -2.19. The summed E-state index contributed by atoms with van der Waals surface area (Å²) in [4.78, 5) is -0.104. The second-order valence-electron chi connectivity index (χ2n) is 4.74. The molecule has 2 rings (SSSR count). The lowest BCUT2D eigenvalue weighted by atomic mass is 10.2. The van der Waals surface area contributed by atoms with Crippen LogP contribution in [0.25, 0.3) is 0 Å². The van der Waals surface area contributed by atoms with E-state index in [4.69, 9.17) is 23.2 Å². The number of rotatable bonds is 5. The quantitative estimate of drug-likeness (QED) is 0.779. The summed E-state index contributed by atoms with van der Waals surface area (Å²) in [6.07, 6.45) is 2.09.